The lowest BCUT2D eigenvalue weighted by molar-refractivity contribution is -0.216. The molecule has 1 rings (SSSR count). The van der Waals surface area contributed by atoms with E-state index in [1.54, 1.807) is 42.5 Å². The van der Waals surface area contributed by atoms with E-state index < -0.39 is 95.7 Å². The molecule has 9 N–H and O–H groups in total. The second kappa shape index (κ2) is 42.0. The third-order valence-electron chi connectivity index (χ3n) is 11.3. The molecule has 0 spiro atoms. The number of aliphatic hydroxyl groups excluding tert-OH is 6. The Morgan fingerprint density at radius 3 is 1.70 bits per heavy atom. The summed E-state index contributed by atoms with van der Waals surface area (Å²) in [5.74, 6) is -1.40. The van der Waals surface area contributed by atoms with E-state index in [0.717, 1.165) is 57.8 Å². The maximum Gasteiger partial charge on any atom is 0.472 e. The summed E-state index contributed by atoms with van der Waals surface area (Å²) < 4.78 is 49.4. The molecule has 1 aliphatic carbocycles. The third-order valence-corrected chi connectivity index (χ3v) is 12.8. The van der Waals surface area contributed by atoms with E-state index in [9.17, 15) is 64.0 Å². The number of carbonyl (C=O) groups is 2. The summed E-state index contributed by atoms with van der Waals surface area (Å²) in [5, 5.41) is 61.4. The van der Waals surface area contributed by atoms with Crippen LogP contribution in [-0.4, -0.2) is 125 Å². The Morgan fingerprint density at radius 2 is 1.08 bits per heavy atom. The van der Waals surface area contributed by atoms with Gasteiger partial charge in [-0.3, -0.25) is 23.2 Å². The molecule has 20 heteroatoms. The summed E-state index contributed by atoms with van der Waals surface area (Å²) in [7, 11) is -10.8. The SMILES string of the molecule is CC/C=C\C[C@@H](O)/C=C/C=C\C/C=C\C=C\[C@@H](O)/C=C\CCCC(=O)OC[C@H](COP(=O)(O)O[C@H]1C(O)C(O)C(O)[C@@H](OP(=O)(O)O)C1O)OC(=O)CCCCCCCCCCC/C=C\C/C=C\CCCCC. The molecule has 1 aliphatic rings. The fourth-order valence-corrected chi connectivity index (χ4v) is 8.81. The molecule has 0 bridgehead atoms. The number of esters is 2. The van der Waals surface area contributed by atoms with Gasteiger partial charge in [0, 0.05) is 12.8 Å². The van der Waals surface area contributed by atoms with E-state index in [0.29, 0.717) is 32.1 Å². The van der Waals surface area contributed by atoms with Crippen LogP contribution in [0.5, 0.6) is 0 Å². The first kappa shape index (κ1) is 67.9. The van der Waals surface area contributed by atoms with Crippen LogP contribution in [-0.2, 0) is 41.8 Å². The zero-order valence-corrected chi connectivity index (χ0v) is 44.8. The van der Waals surface area contributed by atoms with Gasteiger partial charge in [-0.15, -0.1) is 0 Å². The highest BCUT2D eigenvalue weighted by Crippen LogP contribution is 2.49. The van der Waals surface area contributed by atoms with Crippen LogP contribution in [0.3, 0.4) is 0 Å². The van der Waals surface area contributed by atoms with E-state index >= 15 is 0 Å². The molecule has 10 atom stereocenters. The molecule has 5 unspecified atom stereocenters. The summed E-state index contributed by atoms with van der Waals surface area (Å²) in [6.07, 6.45) is 32.6. The van der Waals surface area contributed by atoms with Gasteiger partial charge < -0.3 is 54.8 Å². The maximum atomic E-state index is 13.0. The highest BCUT2D eigenvalue weighted by atomic mass is 31.2. The zero-order chi connectivity index (χ0) is 54.2. The Balaban J connectivity index is 2.65. The number of hydrogen-bond acceptors (Lipinski definition) is 15. The van der Waals surface area contributed by atoms with Crippen LogP contribution in [0, 0.1) is 0 Å². The van der Waals surface area contributed by atoms with E-state index in [1.807, 2.05) is 37.3 Å². The standard InChI is InChI=1S/C53H88O18P2/c1-3-5-7-8-9-10-11-12-13-14-15-16-17-18-19-20-24-27-33-40-47(57)69-45(42-68-73(65,66)71-53-50(60)48(58)49(59)52(51(53)61)70-72(62,63)64)41-67-46(56)39-34-28-32-38-44(55)37-31-26-23-21-22-25-30-36-43(54)35-29-6-4-2/h6,9-10,12-13,22-23,25-26,29-32,36-38,43-45,48-55,58-61H,3-5,7-8,11,14-21,24,27-28,33-35,39-42H2,1-2H3,(H,65,66)(H2,62,63,64)/b10-9-,13-12-,25-22-,26-23-,29-6-,36-30+,37-31+,38-32-/t43-,44-,45-,48?,49?,50?,51?,52-,53+/m1/s1. The molecule has 0 radical (unpaired) electrons. The highest BCUT2D eigenvalue weighted by molar-refractivity contribution is 7.47. The molecule has 0 aromatic rings. The third kappa shape index (κ3) is 36.5. The minimum absolute atomic E-state index is 0.00933. The predicted octanol–water partition coefficient (Wildman–Crippen LogP) is 8.67. The molecule has 1 fully saturated rings. The zero-order valence-electron chi connectivity index (χ0n) is 43.0. The van der Waals surface area contributed by atoms with Crippen LogP contribution < -0.4 is 0 Å². The van der Waals surface area contributed by atoms with Crippen molar-refractivity contribution in [2.45, 2.75) is 210 Å². The van der Waals surface area contributed by atoms with Crippen LogP contribution >= 0.6 is 15.6 Å². The van der Waals surface area contributed by atoms with E-state index in [-0.39, 0.29) is 12.8 Å². The molecule has 1 saturated carbocycles. The number of ether oxygens (including phenoxy) is 2. The number of unbranched alkanes of at least 4 members (excludes halogenated alkanes) is 13. The quantitative estimate of drug-likeness (QED) is 0.00908. The average molecular weight is 1080 g/mol. The Labute approximate surface area is 433 Å². The minimum Gasteiger partial charge on any atom is -0.462 e. The fourth-order valence-electron chi connectivity index (χ4n) is 7.27. The van der Waals surface area contributed by atoms with E-state index in [4.69, 9.17) is 18.5 Å². The summed E-state index contributed by atoms with van der Waals surface area (Å²) in [6, 6.07) is 0. The number of phosphoric ester groups is 2. The molecule has 0 heterocycles. The lowest BCUT2D eigenvalue weighted by Crippen LogP contribution is -2.64. The number of rotatable bonds is 42. The van der Waals surface area contributed by atoms with Crippen LogP contribution in [0.1, 0.15) is 155 Å². The van der Waals surface area contributed by atoms with Crippen molar-refractivity contribution in [2.24, 2.45) is 0 Å². The second-order valence-corrected chi connectivity index (χ2v) is 20.5. The Kier molecular flexibility index (Phi) is 39.1. The van der Waals surface area contributed by atoms with Crippen molar-refractivity contribution in [3.63, 3.8) is 0 Å². The van der Waals surface area contributed by atoms with Crippen molar-refractivity contribution in [3.05, 3.63) is 97.2 Å². The van der Waals surface area contributed by atoms with Gasteiger partial charge in [0.1, 0.15) is 43.2 Å². The van der Waals surface area contributed by atoms with E-state index in [1.165, 1.54) is 38.5 Å². The highest BCUT2D eigenvalue weighted by Gasteiger charge is 2.54. The number of carbonyl (C=O) groups excluding carboxylic acids is 2. The van der Waals surface area contributed by atoms with Gasteiger partial charge in [-0.2, -0.15) is 0 Å². The molecule has 0 aromatic carbocycles. The average Bonchev–Trinajstić information content (AvgIpc) is 3.34. The molecule has 0 aliphatic heterocycles. The molecule has 0 saturated heterocycles. The molecule has 73 heavy (non-hydrogen) atoms. The van der Waals surface area contributed by atoms with Gasteiger partial charge in [-0.25, -0.2) is 9.13 Å². The Hall–Kier alpha value is -3.16. The monoisotopic (exact) mass is 1070 g/mol. The second-order valence-electron chi connectivity index (χ2n) is 17.9. The summed E-state index contributed by atoms with van der Waals surface area (Å²) in [4.78, 5) is 54.5. The van der Waals surface area contributed by atoms with Crippen LogP contribution in [0.15, 0.2) is 97.2 Å². The van der Waals surface area contributed by atoms with Gasteiger partial charge in [-0.1, -0.05) is 169 Å². The van der Waals surface area contributed by atoms with Gasteiger partial charge >= 0.3 is 27.6 Å². The first-order valence-electron chi connectivity index (χ1n) is 26.0. The number of allylic oxidation sites excluding steroid dienone is 12. The van der Waals surface area contributed by atoms with Gasteiger partial charge in [-0.05, 0) is 70.6 Å². The van der Waals surface area contributed by atoms with Crippen molar-refractivity contribution < 1.29 is 87.1 Å². The van der Waals surface area contributed by atoms with Gasteiger partial charge in [0.25, 0.3) is 0 Å². The first-order chi connectivity index (χ1) is 34.9. The summed E-state index contributed by atoms with van der Waals surface area (Å²) in [6.45, 7) is 2.74. The maximum absolute atomic E-state index is 13.0. The smallest absolute Gasteiger partial charge is 0.462 e. The molecule has 18 nitrogen and oxygen atoms in total. The molecule has 418 valence electrons. The van der Waals surface area contributed by atoms with E-state index in [2.05, 4.69) is 35.8 Å². The number of aliphatic hydroxyl groups is 6. The van der Waals surface area contributed by atoms with Crippen molar-refractivity contribution in [1.82, 2.24) is 0 Å². The minimum atomic E-state index is -5.40. The van der Waals surface area contributed by atoms with Crippen molar-refractivity contribution in [3.8, 4) is 0 Å². The van der Waals surface area contributed by atoms with Crippen LogP contribution in [0.2, 0.25) is 0 Å². The Morgan fingerprint density at radius 1 is 0.534 bits per heavy atom. The normalized spacial score (nSPS) is 22.3. The molecular weight excluding hydrogens is 987 g/mol. The topological polar surface area (TPSA) is 296 Å². The van der Waals surface area contributed by atoms with Gasteiger partial charge in [0.2, 0.25) is 0 Å². The fraction of sp³-hybridized carbons (Fsp3) is 0.660. The molecular formula is C53H88O18P2. The largest absolute Gasteiger partial charge is 0.472 e. The number of phosphoric acid groups is 2. The first-order valence-corrected chi connectivity index (χ1v) is 29.0. The molecule has 0 amide bonds. The summed E-state index contributed by atoms with van der Waals surface area (Å²) >= 11 is 0. The van der Waals surface area contributed by atoms with Crippen LogP contribution in [0.4, 0.5) is 0 Å². The molecule has 0 aromatic heterocycles. The van der Waals surface area contributed by atoms with Crippen LogP contribution in [0.25, 0.3) is 0 Å². The lowest BCUT2D eigenvalue weighted by Gasteiger charge is -2.43. The van der Waals surface area contributed by atoms with Crippen molar-refractivity contribution >= 4 is 27.6 Å². The lowest BCUT2D eigenvalue weighted by atomic mass is 9.85. The predicted molar refractivity (Wildman–Crippen MR) is 280 cm³/mol. The Bertz CT molecular complexity index is 1810. The van der Waals surface area contributed by atoms with Gasteiger partial charge in [0.15, 0.2) is 6.10 Å². The number of hydrogen-bond donors (Lipinski definition) is 9. The van der Waals surface area contributed by atoms with Crippen molar-refractivity contribution in [1.29, 1.82) is 0 Å². The van der Waals surface area contributed by atoms with Gasteiger partial charge in [0.05, 0.1) is 18.8 Å². The van der Waals surface area contributed by atoms with Crippen molar-refractivity contribution in [2.75, 3.05) is 13.2 Å². The summed E-state index contributed by atoms with van der Waals surface area (Å²) in [5.41, 5.74) is 0.